The van der Waals surface area contributed by atoms with Gasteiger partial charge in [-0.25, -0.2) is 0 Å². The van der Waals surface area contributed by atoms with Gasteiger partial charge in [0.2, 0.25) is 11.8 Å². The van der Waals surface area contributed by atoms with Crippen LogP contribution < -0.4 is 16.0 Å². The monoisotopic (exact) mass is 537 g/mol. The molecule has 1 aromatic carbocycles. The molecule has 13 atom stereocenters. The number of carboxylic acids is 1. The minimum atomic E-state index is -1.22. The van der Waals surface area contributed by atoms with Gasteiger partial charge < -0.3 is 30.9 Å². The Kier molecular flexibility index (Phi) is 5.15. The van der Waals surface area contributed by atoms with Crippen molar-refractivity contribution in [3.8, 4) is 0 Å². The van der Waals surface area contributed by atoms with Crippen molar-refractivity contribution in [3.05, 3.63) is 35.9 Å². The fourth-order valence-corrected chi connectivity index (χ4v) is 9.90. The summed E-state index contributed by atoms with van der Waals surface area (Å²) in [4.78, 5) is 51.9. The molecule has 10 unspecified atom stereocenters. The molecule has 0 radical (unpaired) electrons. The van der Waals surface area contributed by atoms with Gasteiger partial charge in [0.1, 0.15) is 18.1 Å². The molecule has 10 heteroatoms. The van der Waals surface area contributed by atoms with Gasteiger partial charge in [0.05, 0.1) is 0 Å². The first-order valence-corrected chi connectivity index (χ1v) is 14.1. The molecule has 7 aliphatic rings. The minimum absolute atomic E-state index is 0.00150. The van der Waals surface area contributed by atoms with Crippen molar-refractivity contribution >= 4 is 23.7 Å². The Morgan fingerprint density at radius 2 is 1.59 bits per heavy atom. The maximum absolute atomic E-state index is 14.1. The fourth-order valence-electron chi connectivity index (χ4n) is 9.90. The summed E-state index contributed by atoms with van der Waals surface area (Å²) < 4.78 is 6.35. The Morgan fingerprint density at radius 1 is 0.923 bits per heavy atom. The molecule has 39 heavy (non-hydrogen) atoms. The van der Waals surface area contributed by atoms with Crippen molar-refractivity contribution in [2.75, 3.05) is 0 Å². The van der Waals surface area contributed by atoms with Gasteiger partial charge >= 0.3 is 5.97 Å². The minimum Gasteiger partial charge on any atom is -0.480 e. The van der Waals surface area contributed by atoms with Crippen LogP contribution in [-0.4, -0.2) is 63.4 Å². The van der Waals surface area contributed by atoms with E-state index in [1.807, 2.05) is 30.3 Å². The zero-order valence-electron chi connectivity index (χ0n) is 22.2. The lowest BCUT2D eigenvalue weighted by molar-refractivity contribution is -0.211. The number of aliphatic carboxylic acids is 1. The number of carbonyl (C=O) groups is 4. The molecule has 2 aliphatic heterocycles. The molecule has 3 amide bonds. The topological polar surface area (TPSA) is 154 Å². The maximum atomic E-state index is 14.1. The highest BCUT2D eigenvalue weighted by molar-refractivity contribution is 5.96. The summed E-state index contributed by atoms with van der Waals surface area (Å²) in [6.07, 6.45) is 1.27. The largest absolute Gasteiger partial charge is 0.480 e. The van der Waals surface area contributed by atoms with Crippen LogP contribution in [0.15, 0.2) is 30.3 Å². The number of nitrogens with one attached hydrogen (secondary N) is 3. The number of benzene rings is 1. The first-order valence-electron chi connectivity index (χ1n) is 14.1. The lowest BCUT2D eigenvalue weighted by Gasteiger charge is -2.45. The molecule has 10 nitrogen and oxygen atoms in total. The molecule has 5 aliphatic carbocycles. The second-order valence-electron chi connectivity index (χ2n) is 13.0. The van der Waals surface area contributed by atoms with Gasteiger partial charge in [0.15, 0.2) is 11.4 Å². The maximum Gasteiger partial charge on any atom is 0.325 e. The van der Waals surface area contributed by atoms with E-state index in [0.29, 0.717) is 23.7 Å². The summed E-state index contributed by atoms with van der Waals surface area (Å²) in [7, 11) is 0. The quantitative estimate of drug-likeness (QED) is 0.287. The van der Waals surface area contributed by atoms with Gasteiger partial charge in [-0.3, -0.25) is 19.2 Å². The van der Waals surface area contributed by atoms with Crippen molar-refractivity contribution in [1.82, 2.24) is 16.0 Å². The van der Waals surface area contributed by atoms with Crippen LogP contribution in [0.5, 0.6) is 0 Å². The molecule has 2 heterocycles. The average molecular weight is 538 g/mol. The molecular weight excluding hydrogens is 502 g/mol. The van der Waals surface area contributed by atoms with E-state index in [4.69, 9.17) is 4.74 Å². The van der Waals surface area contributed by atoms with E-state index in [1.165, 1.54) is 6.92 Å². The van der Waals surface area contributed by atoms with Crippen LogP contribution >= 0.6 is 0 Å². The molecule has 2 saturated heterocycles. The lowest BCUT2D eigenvalue weighted by Crippen LogP contribution is -2.62. The van der Waals surface area contributed by atoms with E-state index in [9.17, 15) is 29.4 Å². The highest BCUT2D eigenvalue weighted by atomic mass is 16.7. The number of hydrogen-bond acceptors (Lipinski definition) is 6. The number of carboxylic acid groups (broad SMARTS) is 1. The Bertz CT molecular complexity index is 1270. The molecule has 5 N–H and O–H groups in total. The van der Waals surface area contributed by atoms with Gasteiger partial charge in [-0.2, -0.15) is 0 Å². The zero-order valence-corrected chi connectivity index (χ0v) is 22.2. The molecular formula is C29H35N3O7. The number of hydrogen-bond donors (Lipinski definition) is 5. The first-order chi connectivity index (χ1) is 18.5. The summed E-state index contributed by atoms with van der Waals surface area (Å²) in [6.45, 7) is 4.87. The summed E-state index contributed by atoms with van der Waals surface area (Å²) in [6, 6.07) is 6.22. The van der Waals surface area contributed by atoms with Crippen molar-refractivity contribution in [1.29, 1.82) is 0 Å². The number of amides is 3. The number of ether oxygens (including phenoxy) is 1. The highest BCUT2D eigenvalue weighted by Gasteiger charge is 2.98. The zero-order chi connectivity index (χ0) is 27.6. The van der Waals surface area contributed by atoms with Crippen molar-refractivity contribution < 1.29 is 34.1 Å². The summed E-state index contributed by atoms with van der Waals surface area (Å²) in [5.41, 5.74) is -0.256. The van der Waals surface area contributed by atoms with Crippen LogP contribution in [0.4, 0.5) is 0 Å². The van der Waals surface area contributed by atoms with Gasteiger partial charge in [0, 0.05) is 30.1 Å². The third kappa shape index (κ3) is 2.99. The van der Waals surface area contributed by atoms with E-state index >= 15 is 0 Å². The van der Waals surface area contributed by atoms with E-state index in [-0.39, 0.29) is 41.9 Å². The van der Waals surface area contributed by atoms with Gasteiger partial charge in [-0.15, -0.1) is 0 Å². The molecule has 1 aromatic rings. The Hall–Kier alpha value is -2.98. The lowest BCUT2D eigenvalue weighted by atomic mass is 9.56. The highest BCUT2D eigenvalue weighted by Crippen LogP contribution is 2.92. The second kappa shape index (κ2) is 8.04. The molecule has 5 saturated carbocycles. The van der Waals surface area contributed by atoms with Crippen molar-refractivity contribution in [2.45, 2.75) is 63.1 Å². The molecule has 0 spiro atoms. The molecule has 0 aromatic heterocycles. The fraction of sp³-hybridized carbons (Fsp3) is 0.655. The number of carbonyl (C=O) groups excluding carboxylic acids is 3. The van der Waals surface area contributed by atoms with Gasteiger partial charge in [-0.05, 0) is 48.5 Å². The van der Waals surface area contributed by atoms with E-state index in [1.54, 1.807) is 13.8 Å². The SMILES string of the molecule is CC(C)[C@H](NC(=O)[C@H](Cc1ccccc1)NC(=O)C12OC3(O)C4C5CC(C6C5C3C61)C42)C(=O)N[C@@H](C)C(=O)O. The van der Waals surface area contributed by atoms with E-state index < -0.39 is 47.3 Å². The second-order valence-corrected chi connectivity index (χ2v) is 13.0. The van der Waals surface area contributed by atoms with Crippen molar-refractivity contribution in [3.63, 3.8) is 0 Å². The van der Waals surface area contributed by atoms with E-state index in [0.717, 1.165) is 12.0 Å². The Balaban J connectivity index is 1.13. The molecule has 8 rings (SSSR count). The third-order valence-corrected chi connectivity index (χ3v) is 11.0. The Labute approximate surface area is 226 Å². The predicted octanol–water partition coefficient (Wildman–Crippen LogP) is 0.289. The first kappa shape index (κ1) is 25.0. The number of aliphatic hydroxyl groups is 1. The van der Waals surface area contributed by atoms with E-state index in [2.05, 4.69) is 16.0 Å². The normalized spacial score (nSPS) is 42.9. The van der Waals surface area contributed by atoms with Crippen LogP contribution in [0.2, 0.25) is 0 Å². The number of rotatable bonds is 10. The Morgan fingerprint density at radius 3 is 2.26 bits per heavy atom. The van der Waals surface area contributed by atoms with Crippen LogP contribution in [0, 0.1) is 53.3 Å². The van der Waals surface area contributed by atoms with Crippen LogP contribution in [0.1, 0.15) is 32.8 Å². The van der Waals surface area contributed by atoms with Crippen LogP contribution in [-0.2, 0) is 30.3 Å². The standard InChI is InChI=1S/C29H35N3O7/c1-11(2)23(25(34)30-12(3)26(35)36)32-24(33)16(9-13-7-5-4-6-8-13)31-27(37)28-19-14-10-15-18-17(14)21(28)22(18)29(38,39-28)20(15)19/h4-8,11-12,14-23,38H,9-10H2,1-3H3,(H,30,34)(H,31,37)(H,32,33)(H,35,36)/t12-,14?,15?,16-,17?,18?,19?,20?,21?,22?,23-,28?,29?/m0/s1. The predicted molar refractivity (Wildman–Crippen MR) is 135 cm³/mol. The summed E-state index contributed by atoms with van der Waals surface area (Å²) in [5, 5.41) is 28.9. The third-order valence-electron chi connectivity index (χ3n) is 11.0. The average Bonchev–Trinajstić information content (AvgIpc) is 3.54. The van der Waals surface area contributed by atoms with Gasteiger partial charge in [-0.1, -0.05) is 44.2 Å². The molecule has 7 fully saturated rings. The smallest absolute Gasteiger partial charge is 0.325 e. The van der Waals surface area contributed by atoms with Crippen LogP contribution in [0.3, 0.4) is 0 Å². The summed E-state index contributed by atoms with van der Waals surface area (Å²) >= 11 is 0. The van der Waals surface area contributed by atoms with Gasteiger partial charge in [0.25, 0.3) is 5.91 Å². The molecule has 4 bridgehead atoms. The summed E-state index contributed by atoms with van der Waals surface area (Å²) in [5.74, 6) is -2.46. The van der Waals surface area contributed by atoms with Crippen LogP contribution in [0.25, 0.3) is 0 Å². The molecule has 208 valence electrons. The van der Waals surface area contributed by atoms with Crippen molar-refractivity contribution in [2.24, 2.45) is 53.3 Å².